The predicted molar refractivity (Wildman–Crippen MR) is 80.9 cm³/mol. The summed E-state index contributed by atoms with van der Waals surface area (Å²) in [5.41, 5.74) is 1.22. The number of nitrogens with zero attached hydrogens (tertiary/aromatic N) is 1. The van der Waals surface area contributed by atoms with Crippen molar-refractivity contribution in [2.24, 2.45) is 7.05 Å². The molecule has 0 aliphatic rings. The molecule has 1 N–H and O–H groups in total. The molecule has 0 aromatic carbocycles. The molecule has 6 nitrogen and oxygen atoms in total. The Morgan fingerprint density at radius 3 is 2.38 bits per heavy atom. The summed E-state index contributed by atoms with van der Waals surface area (Å²) in [5, 5.41) is 0. The van der Waals surface area contributed by atoms with Crippen LogP contribution in [0.4, 0.5) is 0 Å². The molecule has 0 amide bonds. The number of nitrogens with one attached hydrogen (secondary N) is 1. The smallest absolute Gasteiger partial charge is 0.355 e. The first-order valence-electron chi connectivity index (χ1n) is 7.02. The summed E-state index contributed by atoms with van der Waals surface area (Å²) in [5.74, 6) is -0.509. The molecule has 0 bridgehead atoms. The lowest BCUT2D eigenvalue weighted by atomic mass is 10.2. The number of aromatic nitrogens is 1. The van der Waals surface area contributed by atoms with Gasteiger partial charge in [0, 0.05) is 24.3 Å². The number of carbonyl (C=O) groups is 1. The van der Waals surface area contributed by atoms with Crippen molar-refractivity contribution in [2.45, 2.75) is 52.0 Å². The molecule has 21 heavy (non-hydrogen) atoms. The monoisotopic (exact) mass is 316 g/mol. The van der Waals surface area contributed by atoms with Crippen LogP contribution >= 0.6 is 0 Å². The maximum atomic E-state index is 12.5. The number of rotatable bonds is 6. The molecule has 0 aliphatic carbocycles. The Balaban J connectivity index is 3.40. The van der Waals surface area contributed by atoms with Gasteiger partial charge in [0.05, 0.1) is 6.61 Å². The van der Waals surface area contributed by atoms with Gasteiger partial charge in [0.1, 0.15) is 10.6 Å². The van der Waals surface area contributed by atoms with Gasteiger partial charge >= 0.3 is 5.97 Å². The van der Waals surface area contributed by atoms with Crippen LogP contribution in [0.3, 0.4) is 0 Å². The van der Waals surface area contributed by atoms with E-state index >= 15 is 0 Å². The van der Waals surface area contributed by atoms with Gasteiger partial charge in [-0.25, -0.2) is 17.9 Å². The summed E-state index contributed by atoms with van der Waals surface area (Å²) in [7, 11) is -2.00. The molecule has 1 aromatic rings. The van der Waals surface area contributed by atoms with E-state index in [-0.39, 0.29) is 23.2 Å². The van der Waals surface area contributed by atoms with E-state index in [0.29, 0.717) is 17.7 Å². The zero-order valence-electron chi connectivity index (χ0n) is 13.5. The lowest BCUT2D eigenvalue weighted by Gasteiger charge is -2.12. The topological polar surface area (TPSA) is 77.4 Å². The minimum Gasteiger partial charge on any atom is -0.461 e. The van der Waals surface area contributed by atoms with Gasteiger partial charge in [-0.1, -0.05) is 6.92 Å². The summed E-state index contributed by atoms with van der Waals surface area (Å²) in [6, 6.07) is -0.167. The van der Waals surface area contributed by atoms with Gasteiger partial charge in [-0.3, -0.25) is 0 Å². The fourth-order valence-electron chi connectivity index (χ4n) is 2.24. The van der Waals surface area contributed by atoms with E-state index in [0.717, 1.165) is 0 Å². The lowest BCUT2D eigenvalue weighted by Crippen LogP contribution is -2.32. The van der Waals surface area contributed by atoms with E-state index in [1.165, 1.54) is 0 Å². The summed E-state index contributed by atoms with van der Waals surface area (Å²) in [4.78, 5) is 12.2. The molecule has 0 radical (unpaired) electrons. The minimum absolute atomic E-state index is 0.161. The molecule has 0 unspecified atom stereocenters. The van der Waals surface area contributed by atoms with Crippen molar-refractivity contribution < 1.29 is 17.9 Å². The Labute approximate surface area is 126 Å². The Kier molecular flexibility index (Phi) is 5.58. The maximum Gasteiger partial charge on any atom is 0.355 e. The van der Waals surface area contributed by atoms with Gasteiger partial charge in [-0.15, -0.1) is 0 Å². The van der Waals surface area contributed by atoms with Crippen LogP contribution in [0.5, 0.6) is 0 Å². The second-order valence-corrected chi connectivity index (χ2v) is 6.75. The Hall–Kier alpha value is -1.34. The summed E-state index contributed by atoms with van der Waals surface area (Å²) in [6.45, 7) is 8.98. The van der Waals surface area contributed by atoms with Gasteiger partial charge < -0.3 is 9.30 Å². The van der Waals surface area contributed by atoms with Crippen LogP contribution in [-0.2, 0) is 21.8 Å². The van der Waals surface area contributed by atoms with E-state index < -0.39 is 16.0 Å². The number of esters is 1. The fraction of sp³-hybridized carbons (Fsp3) is 0.643. The third-order valence-corrected chi connectivity index (χ3v) is 5.42. The summed E-state index contributed by atoms with van der Waals surface area (Å²) in [6.07, 6.45) is 0.689. The fourth-order valence-corrected chi connectivity index (χ4v) is 4.08. The largest absolute Gasteiger partial charge is 0.461 e. The first-order chi connectivity index (χ1) is 9.67. The number of carbonyl (C=O) groups excluding carboxylic acids is 1. The second kappa shape index (κ2) is 6.62. The van der Waals surface area contributed by atoms with E-state index in [1.807, 2.05) is 6.92 Å². The normalized spacial score (nSPS) is 13.2. The first kappa shape index (κ1) is 17.7. The van der Waals surface area contributed by atoms with Crippen LogP contribution < -0.4 is 4.72 Å². The van der Waals surface area contributed by atoms with Crippen molar-refractivity contribution in [1.29, 1.82) is 0 Å². The molecule has 0 saturated heterocycles. The van der Waals surface area contributed by atoms with Crippen LogP contribution in [-0.4, -0.2) is 31.6 Å². The van der Waals surface area contributed by atoms with Crippen LogP contribution in [0.15, 0.2) is 4.90 Å². The number of sulfonamides is 1. The highest BCUT2D eigenvalue weighted by molar-refractivity contribution is 7.89. The zero-order valence-corrected chi connectivity index (χ0v) is 14.3. The molecule has 1 atom stereocenters. The highest BCUT2D eigenvalue weighted by Crippen LogP contribution is 2.26. The lowest BCUT2D eigenvalue weighted by molar-refractivity contribution is 0.0514. The molecule has 120 valence electrons. The third-order valence-electron chi connectivity index (χ3n) is 3.57. The van der Waals surface area contributed by atoms with E-state index in [1.54, 1.807) is 39.3 Å². The molecule has 1 rings (SSSR count). The number of hydrogen-bond donors (Lipinski definition) is 1. The number of ether oxygens (including phenoxy) is 1. The SMILES string of the molecule is CCOC(=O)c1c(C)c(S(=O)(=O)N[C@H](C)CC)c(C)n1C. The van der Waals surface area contributed by atoms with E-state index in [9.17, 15) is 13.2 Å². The molecule has 0 aliphatic heterocycles. The Bertz CT molecular complexity index is 632. The molecular formula is C14H24N2O4S. The van der Waals surface area contributed by atoms with Crippen molar-refractivity contribution in [3.63, 3.8) is 0 Å². The number of hydrogen-bond acceptors (Lipinski definition) is 4. The van der Waals surface area contributed by atoms with Crippen molar-refractivity contribution in [3.8, 4) is 0 Å². The van der Waals surface area contributed by atoms with Crippen molar-refractivity contribution in [1.82, 2.24) is 9.29 Å². The summed E-state index contributed by atoms with van der Waals surface area (Å²) >= 11 is 0. The van der Waals surface area contributed by atoms with E-state index in [2.05, 4.69) is 4.72 Å². The molecule has 0 spiro atoms. The van der Waals surface area contributed by atoms with Crippen LogP contribution in [0.2, 0.25) is 0 Å². The highest BCUT2D eigenvalue weighted by atomic mass is 32.2. The standard InChI is InChI=1S/C14H24N2O4S/c1-7-9(3)15-21(18,19)13-10(4)12(14(17)20-8-2)16(6)11(13)5/h9,15H,7-8H2,1-6H3/t9-/m1/s1. The molecule has 0 fully saturated rings. The van der Waals surface area contributed by atoms with Crippen LogP contribution in [0.25, 0.3) is 0 Å². The van der Waals surface area contributed by atoms with Crippen molar-refractivity contribution >= 4 is 16.0 Å². The molecule has 1 heterocycles. The van der Waals surface area contributed by atoms with Crippen molar-refractivity contribution in [3.05, 3.63) is 17.0 Å². The van der Waals surface area contributed by atoms with Crippen LogP contribution in [0, 0.1) is 13.8 Å². The zero-order chi connectivity index (χ0) is 16.4. The van der Waals surface area contributed by atoms with Gasteiger partial charge in [0.2, 0.25) is 10.0 Å². The van der Waals surface area contributed by atoms with Gasteiger partial charge in [-0.2, -0.15) is 0 Å². The molecular weight excluding hydrogens is 292 g/mol. The van der Waals surface area contributed by atoms with Crippen LogP contribution in [0.1, 0.15) is 48.9 Å². The average molecular weight is 316 g/mol. The quantitative estimate of drug-likeness (QED) is 0.813. The minimum atomic E-state index is -3.66. The van der Waals surface area contributed by atoms with Gasteiger partial charge in [-0.05, 0) is 34.1 Å². The Morgan fingerprint density at radius 2 is 1.90 bits per heavy atom. The predicted octanol–water partition coefficient (Wildman–Crippen LogP) is 1.90. The average Bonchev–Trinajstić information content (AvgIpc) is 2.60. The first-order valence-corrected chi connectivity index (χ1v) is 8.50. The van der Waals surface area contributed by atoms with E-state index in [4.69, 9.17) is 4.74 Å². The molecule has 0 saturated carbocycles. The third kappa shape index (κ3) is 3.47. The van der Waals surface area contributed by atoms with Gasteiger partial charge in [0.15, 0.2) is 0 Å². The second-order valence-electron chi connectivity index (χ2n) is 5.10. The van der Waals surface area contributed by atoms with Gasteiger partial charge in [0.25, 0.3) is 0 Å². The van der Waals surface area contributed by atoms with Crippen molar-refractivity contribution in [2.75, 3.05) is 6.61 Å². The molecule has 1 aromatic heterocycles. The summed E-state index contributed by atoms with van der Waals surface area (Å²) < 4.78 is 34.2. The Morgan fingerprint density at radius 1 is 1.33 bits per heavy atom. The highest BCUT2D eigenvalue weighted by Gasteiger charge is 2.29. The molecule has 7 heteroatoms. The maximum absolute atomic E-state index is 12.5.